The molecule has 0 unspecified atom stereocenters. The number of rotatable bonds is 3. The number of aromatic amines is 1. The van der Waals surface area contributed by atoms with Crippen LogP contribution in [0.1, 0.15) is 35.6 Å². The van der Waals surface area contributed by atoms with E-state index in [0.29, 0.717) is 12.1 Å². The zero-order valence-corrected chi connectivity index (χ0v) is 8.39. The molecule has 0 aromatic carbocycles. The minimum atomic E-state index is -0.661. The van der Waals surface area contributed by atoms with E-state index in [4.69, 9.17) is 5.73 Å². The largest absolute Gasteiger partial charge is 0.365 e. The summed E-state index contributed by atoms with van der Waals surface area (Å²) in [5.74, 6) is -0.661. The molecule has 14 heavy (non-hydrogen) atoms. The molecule has 1 aromatic heterocycles. The van der Waals surface area contributed by atoms with Crippen molar-refractivity contribution in [2.45, 2.75) is 26.7 Å². The summed E-state index contributed by atoms with van der Waals surface area (Å²) in [7, 11) is 0. The Hall–Kier alpha value is -1.58. The van der Waals surface area contributed by atoms with Gasteiger partial charge in [-0.15, -0.1) is 0 Å². The van der Waals surface area contributed by atoms with Gasteiger partial charge in [0.25, 0.3) is 5.91 Å². The van der Waals surface area contributed by atoms with Gasteiger partial charge < -0.3 is 10.7 Å². The van der Waals surface area contributed by atoms with Gasteiger partial charge in [0.15, 0.2) is 5.43 Å². The first-order valence-electron chi connectivity index (χ1n) is 4.65. The molecule has 4 heteroatoms. The molecule has 1 aromatic rings. The Morgan fingerprint density at radius 1 is 1.43 bits per heavy atom. The zero-order valence-electron chi connectivity index (χ0n) is 8.39. The Morgan fingerprint density at radius 3 is 2.50 bits per heavy atom. The van der Waals surface area contributed by atoms with Crippen LogP contribution in [0.25, 0.3) is 0 Å². The van der Waals surface area contributed by atoms with Crippen molar-refractivity contribution in [2.75, 3.05) is 0 Å². The Kier molecular flexibility index (Phi) is 3.06. The third-order valence-corrected chi connectivity index (χ3v) is 2.15. The van der Waals surface area contributed by atoms with Crippen molar-refractivity contribution >= 4 is 5.91 Å². The van der Waals surface area contributed by atoms with Crippen molar-refractivity contribution < 1.29 is 4.79 Å². The molecule has 0 bridgehead atoms. The Labute approximate surface area is 82.1 Å². The lowest BCUT2D eigenvalue weighted by Gasteiger charge is -2.06. The van der Waals surface area contributed by atoms with Crippen LogP contribution in [0.3, 0.4) is 0 Å². The SMILES string of the molecule is CCc1cc(=O)c(C(N)=O)c(CC)[nH]1. The summed E-state index contributed by atoms with van der Waals surface area (Å²) in [5, 5.41) is 0. The molecular weight excluding hydrogens is 180 g/mol. The molecule has 1 heterocycles. The van der Waals surface area contributed by atoms with Crippen LogP contribution in [-0.4, -0.2) is 10.9 Å². The maximum atomic E-state index is 11.5. The summed E-state index contributed by atoms with van der Waals surface area (Å²) in [5.41, 5.74) is 6.38. The number of aryl methyl sites for hydroxylation is 2. The van der Waals surface area contributed by atoms with Gasteiger partial charge in [-0.1, -0.05) is 13.8 Å². The highest BCUT2D eigenvalue weighted by Crippen LogP contribution is 2.03. The van der Waals surface area contributed by atoms with E-state index in [1.54, 1.807) is 0 Å². The molecule has 0 spiro atoms. The number of carbonyl (C=O) groups is 1. The first kappa shape index (κ1) is 10.5. The summed E-state index contributed by atoms with van der Waals surface area (Å²) >= 11 is 0. The van der Waals surface area contributed by atoms with Gasteiger partial charge >= 0.3 is 0 Å². The number of carbonyl (C=O) groups excluding carboxylic acids is 1. The van der Waals surface area contributed by atoms with Gasteiger partial charge in [0.05, 0.1) is 0 Å². The number of nitrogens with one attached hydrogen (secondary N) is 1. The normalized spacial score (nSPS) is 10.1. The zero-order chi connectivity index (χ0) is 10.7. The second-order valence-electron chi connectivity index (χ2n) is 3.08. The van der Waals surface area contributed by atoms with E-state index in [1.165, 1.54) is 6.07 Å². The molecule has 0 atom stereocenters. The van der Waals surface area contributed by atoms with Crippen molar-refractivity contribution in [3.8, 4) is 0 Å². The highest BCUT2D eigenvalue weighted by atomic mass is 16.2. The van der Waals surface area contributed by atoms with Crippen LogP contribution in [0.15, 0.2) is 10.9 Å². The predicted molar refractivity (Wildman–Crippen MR) is 54.3 cm³/mol. The average molecular weight is 194 g/mol. The van der Waals surface area contributed by atoms with E-state index < -0.39 is 5.91 Å². The number of nitrogens with two attached hydrogens (primary N) is 1. The van der Waals surface area contributed by atoms with Gasteiger partial charge in [-0.05, 0) is 12.8 Å². The maximum Gasteiger partial charge on any atom is 0.254 e. The summed E-state index contributed by atoms with van der Waals surface area (Å²) in [6.45, 7) is 3.81. The molecule has 1 amide bonds. The number of H-pyrrole nitrogens is 1. The monoisotopic (exact) mass is 194 g/mol. The lowest BCUT2D eigenvalue weighted by molar-refractivity contribution is 0.0998. The van der Waals surface area contributed by atoms with Crippen LogP contribution in [0, 0.1) is 0 Å². The van der Waals surface area contributed by atoms with E-state index in [2.05, 4.69) is 4.98 Å². The quantitative estimate of drug-likeness (QED) is 0.739. The second kappa shape index (κ2) is 4.09. The number of hydrogen-bond donors (Lipinski definition) is 2. The molecule has 0 fully saturated rings. The van der Waals surface area contributed by atoms with Gasteiger partial charge in [-0.3, -0.25) is 9.59 Å². The number of pyridine rings is 1. The number of hydrogen-bond acceptors (Lipinski definition) is 2. The summed E-state index contributed by atoms with van der Waals surface area (Å²) < 4.78 is 0. The van der Waals surface area contributed by atoms with E-state index in [9.17, 15) is 9.59 Å². The molecule has 0 aliphatic carbocycles. The molecule has 4 nitrogen and oxygen atoms in total. The third-order valence-electron chi connectivity index (χ3n) is 2.15. The van der Waals surface area contributed by atoms with Gasteiger partial charge in [0, 0.05) is 17.5 Å². The second-order valence-corrected chi connectivity index (χ2v) is 3.08. The molecule has 0 saturated carbocycles. The highest BCUT2D eigenvalue weighted by molar-refractivity contribution is 5.93. The van der Waals surface area contributed by atoms with Crippen molar-refractivity contribution in [3.63, 3.8) is 0 Å². The first-order valence-corrected chi connectivity index (χ1v) is 4.65. The smallest absolute Gasteiger partial charge is 0.254 e. The Morgan fingerprint density at radius 2 is 2.07 bits per heavy atom. The first-order chi connectivity index (χ1) is 6.60. The highest BCUT2D eigenvalue weighted by Gasteiger charge is 2.12. The third kappa shape index (κ3) is 1.84. The van der Waals surface area contributed by atoms with Crippen LogP contribution in [0.4, 0.5) is 0 Å². The van der Waals surface area contributed by atoms with Gasteiger partial charge in [0.1, 0.15) is 5.56 Å². The fourth-order valence-electron chi connectivity index (χ4n) is 1.40. The summed E-state index contributed by atoms with van der Waals surface area (Å²) in [6, 6.07) is 1.43. The number of amides is 1. The molecule has 76 valence electrons. The molecule has 1 rings (SSSR count). The molecule has 0 aliphatic heterocycles. The van der Waals surface area contributed by atoms with Crippen molar-refractivity contribution in [1.82, 2.24) is 4.98 Å². The minimum absolute atomic E-state index is 0.0877. The molecule has 3 N–H and O–H groups in total. The van der Waals surface area contributed by atoms with Crippen molar-refractivity contribution in [2.24, 2.45) is 5.73 Å². The lowest BCUT2D eigenvalue weighted by Crippen LogP contribution is -2.25. The lowest BCUT2D eigenvalue weighted by atomic mass is 10.1. The van der Waals surface area contributed by atoms with Crippen molar-refractivity contribution in [3.05, 3.63) is 33.2 Å². The summed E-state index contributed by atoms with van der Waals surface area (Å²) in [4.78, 5) is 25.5. The molecule has 0 aliphatic rings. The fourth-order valence-corrected chi connectivity index (χ4v) is 1.40. The Bertz CT molecular complexity index is 407. The van der Waals surface area contributed by atoms with Crippen LogP contribution in [0.2, 0.25) is 0 Å². The van der Waals surface area contributed by atoms with Crippen LogP contribution >= 0.6 is 0 Å². The van der Waals surface area contributed by atoms with Gasteiger partial charge in [-0.2, -0.15) is 0 Å². The molecule has 0 radical (unpaired) electrons. The summed E-state index contributed by atoms with van der Waals surface area (Å²) in [6.07, 6.45) is 1.34. The van der Waals surface area contributed by atoms with E-state index in [1.807, 2.05) is 13.8 Å². The van der Waals surface area contributed by atoms with E-state index in [0.717, 1.165) is 12.1 Å². The molecular formula is C10H14N2O2. The standard InChI is InChI=1S/C10H14N2O2/c1-3-6-5-8(13)9(10(11)14)7(4-2)12-6/h5H,3-4H2,1-2H3,(H2,11,14)(H,12,13). The van der Waals surface area contributed by atoms with E-state index in [-0.39, 0.29) is 11.0 Å². The predicted octanol–water partition coefficient (Wildman–Crippen LogP) is 0.599. The average Bonchev–Trinajstić information content (AvgIpc) is 2.15. The number of primary amides is 1. The van der Waals surface area contributed by atoms with Gasteiger partial charge in [0.2, 0.25) is 0 Å². The van der Waals surface area contributed by atoms with Crippen molar-refractivity contribution in [1.29, 1.82) is 0 Å². The fraction of sp³-hybridized carbons (Fsp3) is 0.400. The Balaban J connectivity index is 3.43. The number of aromatic nitrogens is 1. The van der Waals surface area contributed by atoms with Crippen LogP contribution in [-0.2, 0) is 12.8 Å². The molecule has 0 saturated heterocycles. The van der Waals surface area contributed by atoms with Crippen LogP contribution < -0.4 is 11.2 Å². The minimum Gasteiger partial charge on any atom is -0.365 e. The van der Waals surface area contributed by atoms with E-state index >= 15 is 0 Å². The van der Waals surface area contributed by atoms with Crippen LogP contribution in [0.5, 0.6) is 0 Å². The topological polar surface area (TPSA) is 76.0 Å². The van der Waals surface area contributed by atoms with Gasteiger partial charge in [-0.25, -0.2) is 0 Å². The maximum absolute atomic E-state index is 11.5.